The van der Waals surface area contributed by atoms with E-state index in [2.05, 4.69) is 6.58 Å². The Labute approximate surface area is 101 Å². The number of aryl methyl sites for hydroxylation is 1. The van der Waals surface area contributed by atoms with E-state index in [-0.39, 0.29) is 17.8 Å². The fourth-order valence-electron chi connectivity index (χ4n) is 1.99. The van der Waals surface area contributed by atoms with Gasteiger partial charge in [-0.2, -0.15) is 0 Å². The smallest absolute Gasteiger partial charge is 0.333 e. The van der Waals surface area contributed by atoms with Gasteiger partial charge in [-0.3, -0.25) is 0 Å². The number of benzene rings is 1. The van der Waals surface area contributed by atoms with Crippen molar-refractivity contribution in [2.45, 2.75) is 31.8 Å². The molecule has 1 aromatic rings. The molecule has 0 aromatic heterocycles. The molecule has 0 aliphatic carbocycles. The highest BCUT2D eigenvalue weighted by Crippen LogP contribution is 2.23. The van der Waals surface area contributed by atoms with Crippen LogP contribution < -0.4 is 0 Å². The molecule has 3 heteroatoms. The Kier molecular flexibility index (Phi) is 3.47. The van der Waals surface area contributed by atoms with Gasteiger partial charge in [-0.25, -0.2) is 4.79 Å². The summed E-state index contributed by atoms with van der Waals surface area (Å²) < 4.78 is 5.15. The number of ether oxygens (including phenoxy) is 1. The SMILES string of the molecule is C=C1CC(CCCc2ccc(O)cc2)OC1=O. The normalized spacial score (nSPS) is 19.4. The Morgan fingerprint density at radius 2 is 2.06 bits per heavy atom. The Bertz CT molecular complexity index is 404. The van der Waals surface area contributed by atoms with Gasteiger partial charge < -0.3 is 9.84 Å². The molecular formula is C14H16O3. The van der Waals surface area contributed by atoms with Crippen molar-refractivity contribution < 1.29 is 14.6 Å². The molecule has 17 heavy (non-hydrogen) atoms. The monoisotopic (exact) mass is 232 g/mol. The highest BCUT2D eigenvalue weighted by Gasteiger charge is 2.26. The molecule has 1 fully saturated rings. The molecule has 1 saturated heterocycles. The van der Waals surface area contributed by atoms with Gasteiger partial charge in [0.05, 0.1) is 0 Å². The minimum atomic E-state index is -0.250. The number of esters is 1. The zero-order valence-electron chi connectivity index (χ0n) is 9.69. The minimum Gasteiger partial charge on any atom is -0.508 e. The summed E-state index contributed by atoms with van der Waals surface area (Å²) in [6.45, 7) is 3.66. The van der Waals surface area contributed by atoms with Crippen LogP contribution in [0.2, 0.25) is 0 Å². The second-order valence-electron chi connectivity index (χ2n) is 4.39. The third kappa shape index (κ3) is 3.09. The van der Waals surface area contributed by atoms with Gasteiger partial charge in [-0.15, -0.1) is 0 Å². The number of phenolic OH excluding ortho intramolecular Hbond substituents is 1. The molecule has 0 radical (unpaired) electrons. The number of rotatable bonds is 4. The zero-order chi connectivity index (χ0) is 12.3. The van der Waals surface area contributed by atoms with Crippen molar-refractivity contribution in [2.24, 2.45) is 0 Å². The molecule has 0 spiro atoms. The number of carbonyl (C=O) groups is 1. The standard InChI is InChI=1S/C14H16O3/c1-10-9-13(17-14(10)16)4-2-3-11-5-7-12(15)8-6-11/h5-8,13,15H,1-4,9H2. The van der Waals surface area contributed by atoms with E-state index in [1.54, 1.807) is 12.1 Å². The zero-order valence-corrected chi connectivity index (χ0v) is 9.69. The van der Waals surface area contributed by atoms with E-state index >= 15 is 0 Å². The molecule has 0 bridgehead atoms. The molecule has 3 nitrogen and oxygen atoms in total. The van der Waals surface area contributed by atoms with Crippen molar-refractivity contribution in [3.63, 3.8) is 0 Å². The van der Waals surface area contributed by atoms with Crippen LogP contribution in [0.5, 0.6) is 5.75 Å². The highest BCUT2D eigenvalue weighted by atomic mass is 16.5. The summed E-state index contributed by atoms with van der Waals surface area (Å²) in [5.41, 5.74) is 1.77. The van der Waals surface area contributed by atoms with Gasteiger partial charge in [-0.1, -0.05) is 18.7 Å². The second-order valence-corrected chi connectivity index (χ2v) is 4.39. The molecule has 90 valence electrons. The van der Waals surface area contributed by atoms with Gasteiger partial charge in [0.1, 0.15) is 11.9 Å². The van der Waals surface area contributed by atoms with Gasteiger partial charge in [0, 0.05) is 12.0 Å². The summed E-state index contributed by atoms with van der Waals surface area (Å²) in [4.78, 5) is 11.1. The lowest BCUT2D eigenvalue weighted by Crippen LogP contribution is -2.06. The fraction of sp³-hybridized carbons (Fsp3) is 0.357. The second kappa shape index (κ2) is 5.04. The Hall–Kier alpha value is -1.77. The molecule has 1 aromatic carbocycles. The first kappa shape index (κ1) is 11.7. The molecule has 1 aliphatic heterocycles. The maximum absolute atomic E-state index is 11.1. The van der Waals surface area contributed by atoms with Gasteiger partial charge in [0.15, 0.2) is 0 Å². The quantitative estimate of drug-likeness (QED) is 0.641. The van der Waals surface area contributed by atoms with E-state index in [1.807, 2.05) is 12.1 Å². The Morgan fingerprint density at radius 3 is 2.65 bits per heavy atom. The first-order chi connectivity index (χ1) is 8.15. The van der Waals surface area contributed by atoms with Crippen molar-refractivity contribution >= 4 is 5.97 Å². The maximum atomic E-state index is 11.1. The molecule has 1 N–H and O–H groups in total. The third-order valence-corrected chi connectivity index (χ3v) is 2.96. The summed E-state index contributed by atoms with van der Waals surface area (Å²) in [6, 6.07) is 7.20. The topological polar surface area (TPSA) is 46.5 Å². The fourth-order valence-corrected chi connectivity index (χ4v) is 1.99. The molecule has 1 aliphatic rings. The number of phenols is 1. The van der Waals surface area contributed by atoms with Gasteiger partial charge in [0.2, 0.25) is 0 Å². The van der Waals surface area contributed by atoms with Gasteiger partial charge in [-0.05, 0) is 37.0 Å². The van der Waals surface area contributed by atoms with E-state index < -0.39 is 0 Å². The average molecular weight is 232 g/mol. The minimum absolute atomic E-state index is 0.00659. The first-order valence-corrected chi connectivity index (χ1v) is 5.82. The van der Waals surface area contributed by atoms with Gasteiger partial charge in [0.25, 0.3) is 0 Å². The molecule has 0 saturated carbocycles. The van der Waals surface area contributed by atoms with Crippen LogP contribution in [0.3, 0.4) is 0 Å². The summed E-state index contributed by atoms with van der Waals surface area (Å²) in [5, 5.41) is 9.15. The van der Waals surface area contributed by atoms with Crippen LogP contribution in [0, 0.1) is 0 Å². The predicted octanol–water partition coefficient (Wildman–Crippen LogP) is 2.59. The average Bonchev–Trinajstić information content (AvgIpc) is 2.61. The molecule has 0 amide bonds. The number of hydrogen-bond acceptors (Lipinski definition) is 3. The summed E-state index contributed by atoms with van der Waals surface area (Å²) in [6.07, 6.45) is 3.43. The third-order valence-electron chi connectivity index (χ3n) is 2.96. The van der Waals surface area contributed by atoms with Crippen molar-refractivity contribution in [1.29, 1.82) is 0 Å². The lowest BCUT2D eigenvalue weighted by atomic mass is 10.0. The lowest BCUT2D eigenvalue weighted by Gasteiger charge is -2.08. The summed E-state index contributed by atoms with van der Waals surface area (Å²) in [7, 11) is 0. The van der Waals surface area contributed by atoms with Crippen LogP contribution in [0.1, 0.15) is 24.8 Å². The van der Waals surface area contributed by atoms with Crippen molar-refractivity contribution in [3.8, 4) is 5.75 Å². The van der Waals surface area contributed by atoms with Gasteiger partial charge >= 0.3 is 5.97 Å². The molecule has 1 atom stereocenters. The summed E-state index contributed by atoms with van der Waals surface area (Å²) in [5.74, 6) is 0.0365. The van der Waals surface area contributed by atoms with Crippen LogP contribution in [0.15, 0.2) is 36.4 Å². The van der Waals surface area contributed by atoms with Crippen LogP contribution in [0.4, 0.5) is 0 Å². The number of carbonyl (C=O) groups excluding carboxylic acids is 1. The summed E-state index contributed by atoms with van der Waals surface area (Å²) >= 11 is 0. The van der Waals surface area contributed by atoms with Crippen LogP contribution >= 0.6 is 0 Å². The van der Waals surface area contributed by atoms with E-state index in [1.165, 1.54) is 5.56 Å². The van der Waals surface area contributed by atoms with Crippen molar-refractivity contribution in [3.05, 3.63) is 42.0 Å². The van der Waals surface area contributed by atoms with Crippen molar-refractivity contribution in [1.82, 2.24) is 0 Å². The first-order valence-electron chi connectivity index (χ1n) is 5.82. The molecule has 1 unspecified atom stereocenters. The predicted molar refractivity (Wildman–Crippen MR) is 64.7 cm³/mol. The molecule has 1 heterocycles. The number of hydrogen-bond donors (Lipinski definition) is 1. The Balaban J connectivity index is 1.75. The van der Waals surface area contributed by atoms with Crippen LogP contribution in [0.25, 0.3) is 0 Å². The maximum Gasteiger partial charge on any atom is 0.333 e. The lowest BCUT2D eigenvalue weighted by molar-refractivity contribution is -0.139. The number of cyclic esters (lactones) is 1. The van der Waals surface area contributed by atoms with Crippen LogP contribution in [-0.4, -0.2) is 17.2 Å². The number of aromatic hydroxyl groups is 1. The highest BCUT2D eigenvalue weighted by molar-refractivity contribution is 5.89. The van der Waals surface area contributed by atoms with E-state index in [0.29, 0.717) is 12.0 Å². The van der Waals surface area contributed by atoms with E-state index in [0.717, 1.165) is 19.3 Å². The van der Waals surface area contributed by atoms with Crippen LogP contribution in [-0.2, 0) is 16.0 Å². The van der Waals surface area contributed by atoms with Crippen molar-refractivity contribution in [2.75, 3.05) is 0 Å². The largest absolute Gasteiger partial charge is 0.508 e. The Morgan fingerprint density at radius 1 is 1.35 bits per heavy atom. The van der Waals surface area contributed by atoms with E-state index in [9.17, 15) is 4.79 Å². The molecular weight excluding hydrogens is 216 g/mol. The van der Waals surface area contributed by atoms with E-state index in [4.69, 9.17) is 9.84 Å². The molecule has 2 rings (SSSR count).